The molecule has 0 radical (unpaired) electrons. The number of halogens is 4. The van der Waals surface area contributed by atoms with Crippen molar-refractivity contribution in [1.82, 2.24) is 0 Å². The van der Waals surface area contributed by atoms with Crippen LogP contribution in [0.4, 0.5) is 13.2 Å². The number of alkyl halides is 3. The van der Waals surface area contributed by atoms with Crippen LogP contribution < -0.4 is 0 Å². The predicted molar refractivity (Wildman–Crippen MR) is 86.7 cm³/mol. The van der Waals surface area contributed by atoms with Crippen molar-refractivity contribution in [1.29, 1.82) is 0 Å². The van der Waals surface area contributed by atoms with Crippen molar-refractivity contribution in [2.75, 3.05) is 6.61 Å². The highest BCUT2D eigenvalue weighted by atomic mass is 35.5. The Morgan fingerprint density at radius 3 is 2.64 bits per heavy atom. The van der Waals surface area contributed by atoms with Gasteiger partial charge in [-0.25, -0.2) is 4.79 Å². The fourth-order valence-corrected chi connectivity index (χ4v) is 3.16. The van der Waals surface area contributed by atoms with E-state index in [1.807, 2.05) is 6.08 Å². The lowest BCUT2D eigenvalue weighted by Crippen LogP contribution is -2.25. The maximum atomic E-state index is 12.9. The number of hydrogen-bond donors (Lipinski definition) is 1. The monoisotopic (exact) mass is 372 g/mol. The molecule has 1 fully saturated rings. The lowest BCUT2D eigenvalue weighted by atomic mass is 9.99. The van der Waals surface area contributed by atoms with Gasteiger partial charge in [-0.3, -0.25) is 0 Å². The molecule has 1 saturated carbocycles. The van der Waals surface area contributed by atoms with E-state index in [0.717, 1.165) is 5.56 Å². The van der Waals surface area contributed by atoms with E-state index in [4.69, 9.17) is 21.4 Å². The lowest BCUT2D eigenvalue weighted by Gasteiger charge is -2.19. The molecular weight excluding hydrogens is 357 g/mol. The Hall–Kier alpha value is -1.95. The maximum absolute atomic E-state index is 12.9. The third-order valence-corrected chi connectivity index (χ3v) is 5.04. The van der Waals surface area contributed by atoms with Crippen LogP contribution in [0.3, 0.4) is 0 Å². The van der Waals surface area contributed by atoms with E-state index >= 15 is 0 Å². The molecule has 7 heteroatoms. The third kappa shape index (κ3) is 3.68. The first-order valence-corrected chi connectivity index (χ1v) is 8.22. The quantitative estimate of drug-likeness (QED) is 0.734. The molecule has 0 aliphatic heterocycles. The molecule has 3 nitrogen and oxygen atoms in total. The molecule has 1 aromatic carbocycles. The zero-order valence-electron chi connectivity index (χ0n) is 13.1. The van der Waals surface area contributed by atoms with Crippen molar-refractivity contribution >= 4 is 17.6 Å². The first kappa shape index (κ1) is 17.9. The minimum absolute atomic E-state index is 0.0150. The van der Waals surface area contributed by atoms with E-state index in [2.05, 4.69) is 0 Å². The molecule has 134 valence electrons. The molecule has 0 amide bonds. The number of aromatic carboxylic acids is 1. The van der Waals surface area contributed by atoms with Crippen LogP contribution in [-0.4, -0.2) is 23.9 Å². The highest BCUT2D eigenvalue weighted by Crippen LogP contribution is 2.59. The molecule has 3 rings (SSSR count). The molecule has 2 aliphatic carbocycles. The second-order valence-corrected chi connectivity index (χ2v) is 6.78. The summed E-state index contributed by atoms with van der Waals surface area (Å²) in [5.41, 5.74) is -0.747. The molecule has 0 bridgehead atoms. The van der Waals surface area contributed by atoms with Gasteiger partial charge in [0.25, 0.3) is 0 Å². The molecule has 25 heavy (non-hydrogen) atoms. The van der Waals surface area contributed by atoms with Crippen LogP contribution in [0.2, 0.25) is 5.02 Å². The fraction of sp³-hybridized carbons (Fsp3) is 0.389. The summed E-state index contributed by atoms with van der Waals surface area (Å²) >= 11 is 5.96. The standard InChI is InChI=1S/C18H16ClF3O3/c19-15-10-12(2-4-14(15)16(23)24)11-1-3-13(9-11)25-8-7-17(5-6-17)18(20,21)22/h1-4,9-11H,5-8H2,(H,23,24). The summed E-state index contributed by atoms with van der Waals surface area (Å²) in [7, 11) is 0. The Labute approximate surface area is 147 Å². The Kier molecular flexibility index (Phi) is 4.58. The zero-order chi connectivity index (χ0) is 18.2. The molecule has 0 aromatic heterocycles. The van der Waals surface area contributed by atoms with Crippen LogP contribution in [0, 0.1) is 5.41 Å². The van der Waals surface area contributed by atoms with E-state index in [9.17, 15) is 18.0 Å². The summed E-state index contributed by atoms with van der Waals surface area (Å²) < 4.78 is 44.1. The molecule has 1 N–H and O–H groups in total. The molecule has 1 atom stereocenters. The van der Waals surface area contributed by atoms with Crippen LogP contribution in [0.15, 0.2) is 42.2 Å². The summed E-state index contributed by atoms with van der Waals surface area (Å²) in [4.78, 5) is 11.0. The van der Waals surface area contributed by atoms with Crippen molar-refractivity contribution in [2.24, 2.45) is 5.41 Å². The van der Waals surface area contributed by atoms with Gasteiger partial charge in [-0.05, 0) is 49.1 Å². The van der Waals surface area contributed by atoms with Gasteiger partial charge in [-0.1, -0.05) is 23.7 Å². The number of allylic oxidation sites excluding steroid dienone is 3. The van der Waals surface area contributed by atoms with Gasteiger partial charge in [0, 0.05) is 5.92 Å². The third-order valence-electron chi connectivity index (χ3n) is 4.72. The Balaban J connectivity index is 1.59. The minimum atomic E-state index is -4.17. The minimum Gasteiger partial charge on any atom is -0.494 e. The van der Waals surface area contributed by atoms with Crippen LogP contribution in [0.25, 0.3) is 0 Å². The van der Waals surface area contributed by atoms with E-state index < -0.39 is 17.6 Å². The number of rotatable bonds is 6. The van der Waals surface area contributed by atoms with Gasteiger partial charge < -0.3 is 9.84 Å². The Morgan fingerprint density at radius 1 is 1.36 bits per heavy atom. The van der Waals surface area contributed by atoms with Crippen molar-refractivity contribution < 1.29 is 27.8 Å². The number of ether oxygens (including phenoxy) is 1. The van der Waals surface area contributed by atoms with Gasteiger partial charge >= 0.3 is 12.1 Å². The molecule has 1 unspecified atom stereocenters. The highest BCUT2D eigenvalue weighted by molar-refractivity contribution is 6.33. The number of hydrogen-bond acceptors (Lipinski definition) is 2. The summed E-state index contributed by atoms with van der Waals surface area (Å²) in [6.45, 7) is 0.0150. The van der Waals surface area contributed by atoms with Crippen LogP contribution >= 0.6 is 11.6 Å². The predicted octanol–water partition coefficient (Wildman–Crippen LogP) is 5.32. The molecule has 0 saturated heterocycles. The molecular formula is C18H16ClF3O3. The van der Waals surface area contributed by atoms with Gasteiger partial charge in [-0.2, -0.15) is 13.2 Å². The normalized spacial score (nSPS) is 21.1. The van der Waals surface area contributed by atoms with Gasteiger partial charge in [-0.15, -0.1) is 0 Å². The summed E-state index contributed by atoms with van der Waals surface area (Å²) in [6.07, 6.45) is 1.46. The summed E-state index contributed by atoms with van der Waals surface area (Å²) in [5.74, 6) is -0.731. The Bertz CT molecular complexity index is 748. The molecule has 0 heterocycles. The second kappa shape index (κ2) is 6.41. The lowest BCUT2D eigenvalue weighted by molar-refractivity contribution is -0.191. The smallest absolute Gasteiger partial charge is 0.394 e. The van der Waals surface area contributed by atoms with Crippen LogP contribution in [0.5, 0.6) is 0 Å². The van der Waals surface area contributed by atoms with Gasteiger partial charge in [0.1, 0.15) is 5.76 Å². The summed E-state index contributed by atoms with van der Waals surface area (Å²) in [5, 5.41) is 9.12. The van der Waals surface area contributed by atoms with Crippen molar-refractivity contribution in [3.05, 3.63) is 58.3 Å². The first-order chi connectivity index (χ1) is 11.7. The topological polar surface area (TPSA) is 46.5 Å². The van der Waals surface area contributed by atoms with Gasteiger partial charge in [0.05, 0.1) is 22.6 Å². The maximum Gasteiger partial charge on any atom is 0.394 e. The Morgan fingerprint density at radius 2 is 2.08 bits per heavy atom. The van der Waals surface area contributed by atoms with Crippen LogP contribution in [0.1, 0.15) is 41.1 Å². The average Bonchev–Trinajstić information content (AvgIpc) is 3.17. The largest absolute Gasteiger partial charge is 0.494 e. The zero-order valence-corrected chi connectivity index (χ0v) is 13.9. The van der Waals surface area contributed by atoms with E-state index in [1.54, 1.807) is 24.3 Å². The highest BCUT2D eigenvalue weighted by Gasteiger charge is 2.62. The number of carboxylic acid groups (broad SMARTS) is 1. The number of carboxylic acids is 1. The summed E-state index contributed by atoms with van der Waals surface area (Å²) in [6, 6.07) is 4.66. The van der Waals surface area contributed by atoms with Crippen molar-refractivity contribution in [2.45, 2.75) is 31.4 Å². The molecule has 0 spiro atoms. The van der Waals surface area contributed by atoms with E-state index in [-0.39, 0.29) is 42.4 Å². The van der Waals surface area contributed by atoms with Gasteiger partial charge in [0.15, 0.2) is 0 Å². The molecule has 2 aliphatic rings. The second-order valence-electron chi connectivity index (χ2n) is 6.37. The van der Waals surface area contributed by atoms with Crippen LogP contribution in [-0.2, 0) is 4.74 Å². The van der Waals surface area contributed by atoms with Gasteiger partial charge in [0.2, 0.25) is 0 Å². The van der Waals surface area contributed by atoms with Crippen molar-refractivity contribution in [3.63, 3.8) is 0 Å². The fourth-order valence-electron chi connectivity index (χ4n) is 2.89. The number of benzene rings is 1. The van der Waals surface area contributed by atoms with E-state index in [0.29, 0.717) is 5.76 Å². The van der Waals surface area contributed by atoms with E-state index in [1.165, 1.54) is 6.07 Å². The first-order valence-electron chi connectivity index (χ1n) is 7.84. The van der Waals surface area contributed by atoms with Crippen molar-refractivity contribution in [3.8, 4) is 0 Å². The molecule has 1 aromatic rings. The average molecular weight is 373 g/mol. The number of carbonyl (C=O) groups is 1. The SMILES string of the molecule is O=C(O)c1ccc(C2C=CC(OCCC3(C(F)(F)F)CC3)=C2)cc1Cl.